The molecule has 0 saturated heterocycles. The van der Waals surface area contributed by atoms with Crippen LogP contribution in [0.2, 0.25) is 0 Å². The first kappa shape index (κ1) is 59.0. The van der Waals surface area contributed by atoms with E-state index in [-0.39, 0.29) is 31.3 Å². The molecule has 6 heteroatoms. The Morgan fingerprint density at radius 1 is 0.500 bits per heavy atom. The number of carbonyl (C=O) groups is 2. The third-order valence-corrected chi connectivity index (χ3v) is 11.2. The quantitative estimate of drug-likeness (QED) is 0.0245. The van der Waals surface area contributed by atoms with E-state index in [1.807, 2.05) is 6.08 Å². The number of aliphatic hydroxyl groups is 2. The highest BCUT2D eigenvalue weighted by atomic mass is 16.5. The molecule has 3 unspecified atom stereocenters. The fraction of sp³-hybridized carbons (Fsp3) is 0.714. The lowest BCUT2D eigenvalue weighted by Gasteiger charge is -2.24. The molecular weight excluding hydrogens is 767 g/mol. The number of amides is 1. The Kier molecular flexibility index (Phi) is 46.7. The van der Waals surface area contributed by atoms with E-state index in [1.165, 1.54) is 109 Å². The third kappa shape index (κ3) is 43.7. The van der Waals surface area contributed by atoms with Crippen LogP contribution in [0.15, 0.2) is 85.1 Å². The van der Waals surface area contributed by atoms with E-state index in [0.717, 1.165) is 70.6 Å². The standard InChI is InChI=1S/C56H97NO5/c1-4-7-10-13-16-19-22-25-27-28-31-34-37-40-43-46-49-56(61)62-52(47-44-41-38-35-32-30-26-23-20-17-14-11-8-5-2)50-55(60)57-53(51-58)54(59)48-45-42-39-36-33-29-24-21-18-15-12-9-6-3/h7,10,16,19,25,27,30-32,34-35,38,40,43,52-54,58-59H,4-6,8-9,11-15,17-18,20-24,26,28-29,33,36-37,39,41-42,44-51H2,1-3H3,(H,57,60)/b10-7+,19-16+,27-25+,32-30+,34-31+,38-35+,43-40+. The number of carbonyl (C=O) groups excluding carboxylic acids is 2. The van der Waals surface area contributed by atoms with E-state index in [1.54, 1.807) is 0 Å². The van der Waals surface area contributed by atoms with Crippen LogP contribution >= 0.6 is 0 Å². The van der Waals surface area contributed by atoms with Crippen molar-refractivity contribution in [2.75, 3.05) is 6.61 Å². The number of rotatable bonds is 45. The van der Waals surface area contributed by atoms with Crippen LogP contribution < -0.4 is 5.32 Å². The van der Waals surface area contributed by atoms with E-state index in [9.17, 15) is 19.8 Å². The summed E-state index contributed by atoms with van der Waals surface area (Å²) in [6.07, 6.45) is 63.7. The lowest BCUT2D eigenvalue weighted by atomic mass is 10.0. The molecule has 0 aliphatic rings. The van der Waals surface area contributed by atoms with Crippen molar-refractivity contribution >= 4 is 11.9 Å². The molecule has 0 spiro atoms. The highest BCUT2D eigenvalue weighted by Crippen LogP contribution is 2.16. The van der Waals surface area contributed by atoms with Gasteiger partial charge < -0.3 is 20.3 Å². The normalized spacial score (nSPS) is 14.0. The molecule has 6 nitrogen and oxygen atoms in total. The number of nitrogens with one attached hydrogen (secondary N) is 1. The van der Waals surface area contributed by atoms with Gasteiger partial charge in [0.1, 0.15) is 6.10 Å². The number of hydrogen-bond donors (Lipinski definition) is 3. The van der Waals surface area contributed by atoms with Crippen LogP contribution in [0.4, 0.5) is 0 Å². The van der Waals surface area contributed by atoms with E-state index in [4.69, 9.17) is 4.74 Å². The molecule has 356 valence electrons. The van der Waals surface area contributed by atoms with Crippen LogP contribution in [0.25, 0.3) is 0 Å². The Morgan fingerprint density at radius 3 is 1.42 bits per heavy atom. The second-order valence-electron chi connectivity index (χ2n) is 17.2. The number of unbranched alkanes of at least 4 members (excludes halogenated alkanes) is 20. The zero-order valence-electron chi connectivity index (χ0n) is 40.5. The van der Waals surface area contributed by atoms with Gasteiger partial charge in [0.15, 0.2) is 0 Å². The summed E-state index contributed by atoms with van der Waals surface area (Å²) in [5, 5.41) is 23.7. The maximum atomic E-state index is 13.2. The molecule has 0 radical (unpaired) electrons. The van der Waals surface area contributed by atoms with Gasteiger partial charge in [0, 0.05) is 6.42 Å². The summed E-state index contributed by atoms with van der Waals surface area (Å²) in [6.45, 7) is 6.33. The molecule has 0 aromatic heterocycles. The highest BCUT2D eigenvalue weighted by molar-refractivity contribution is 5.77. The lowest BCUT2D eigenvalue weighted by molar-refractivity contribution is -0.150. The predicted molar refractivity (Wildman–Crippen MR) is 268 cm³/mol. The fourth-order valence-corrected chi connectivity index (χ4v) is 7.36. The van der Waals surface area contributed by atoms with Crippen LogP contribution in [-0.2, 0) is 14.3 Å². The number of allylic oxidation sites excluding steroid dienone is 14. The van der Waals surface area contributed by atoms with Crippen molar-refractivity contribution in [2.24, 2.45) is 0 Å². The van der Waals surface area contributed by atoms with Crippen molar-refractivity contribution < 1.29 is 24.5 Å². The lowest BCUT2D eigenvalue weighted by Crippen LogP contribution is -2.46. The average Bonchev–Trinajstić information content (AvgIpc) is 3.26. The average molecular weight is 864 g/mol. The van der Waals surface area contributed by atoms with Crippen LogP contribution in [0.3, 0.4) is 0 Å². The Labute approximate surface area is 383 Å². The predicted octanol–water partition coefficient (Wildman–Crippen LogP) is 15.6. The van der Waals surface area contributed by atoms with Crippen molar-refractivity contribution in [1.29, 1.82) is 0 Å². The maximum absolute atomic E-state index is 13.2. The van der Waals surface area contributed by atoms with Gasteiger partial charge in [-0.3, -0.25) is 9.59 Å². The van der Waals surface area contributed by atoms with Gasteiger partial charge in [-0.15, -0.1) is 0 Å². The molecule has 62 heavy (non-hydrogen) atoms. The zero-order chi connectivity index (χ0) is 45.2. The van der Waals surface area contributed by atoms with E-state index in [0.29, 0.717) is 19.3 Å². The molecule has 0 saturated carbocycles. The van der Waals surface area contributed by atoms with Gasteiger partial charge >= 0.3 is 5.97 Å². The van der Waals surface area contributed by atoms with Gasteiger partial charge in [-0.05, 0) is 77.0 Å². The SMILES string of the molecule is CC/C=C/C/C=C/C/C=C/C/C=C/C/C=C/CCC(=O)OC(CCC/C=C/C=C/CCCCCCCCC)CC(=O)NC(CO)C(O)CCCCCCCCCCCCCCC. The first-order valence-corrected chi connectivity index (χ1v) is 25.8. The number of ether oxygens (including phenoxy) is 1. The van der Waals surface area contributed by atoms with Crippen molar-refractivity contribution in [3.05, 3.63) is 85.1 Å². The molecule has 0 bridgehead atoms. The second-order valence-corrected chi connectivity index (χ2v) is 17.2. The molecule has 0 fully saturated rings. The minimum atomic E-state index is -0.815. The molecule has 0 aromatic rings. The Hall–Kier alpha value is -2.96. The van der Waals surface area contributed by atoms with Crippen LogP contribution in [-0.4, -0.2) is 46.9 Å². The van der Waals surface area contributed by atoms with Crippen LogP contribution in [0.1, 0.15) is 233 Å². The van der Waals surface area contributed by atoms with Gasteiger partial charge in [-0.2, -0.15) is 0 Å². The van der Waals surface area contributed by atoms with Gasteiger partial charge in [-0.25, -0.2) is 0 Å². The van der Waals surface area contributed by atoms with E-state index < -0.39 is 18.2 Å². The number of hydrogen-bond acceptors (Lipinski definition) is 5. The van der Waals surface area contributed by atoms with Crippen LogP contribution in [0.5, 0.6) is 0 Å². The van der Waals surface area contributed by atoms with Crippen molar-refractivity contribution in [1.82, 2.24) is 5.32 Å². The first-order valence-electron chi connectivity index (χ1n) is 25.8. The van der Waals surface area contributed by atoms with Gasteiger partial charge in [0.2, 0.25) is 5.91 Å². The van der Waals surface area contributed by atoms with E-state index >= 15 is 0 Å². The summed E-state index contributed by atoms with van der Waals surface area (Å²) < 4.78 is 5.86. The molecule has 0 rings (SSSR count). The Balaban J connectivity index is 4.77. The fourth-order valence-electron chi connectivity index (χ4n) is 7.36. The monoisotopic (exact) mass is 864 g/mol. The molecule has 0 aromatic carbocycles. The molecule has 3 atom stereocenters. The summed E-state index contributed by atoms with van der Waals surface area (Å²) in [5.74, 6) is -0.624. The van der Waals surface area contributed by atoms with E-state index in [2.05, 4.69) is 105 Å². The summed E-state index contributed by atoms with van der Waals surface area (Å²) >= 11 is 0. The zero-order valence-corrected chi connectivity index (χ0v) is 40.5. The summed E-state index contributed by atoms with van der Waals surface area (Å²) in [7, 11) is 0. The minimum absolute atomic E-state index is 0.0113. The van der Waals surface area contributed by atoms with Gasteiger partial charge in [0.25, 0.3) is 0 Å². The van der Waals surface area contributed by atoms with Gasteiger partial charge in [0.05, 0.1) is 25.2 Å². The molecule has 0 heterocycles. The summed E-state index contributed by atoms with van der Waals surface area (Å²) in [5.41, 5.74) is 0. The minimum Gasteiger partial charge on any atom is -0.462 e. The molecule has 0 aliphatic carbocycles. The highest BCUT2D eigenvalue weighted by Gasteiger charge is 2.23. The summed E-state index contributed by atoms with van der Waals surface area (Å²) in [4.78, 5) is 26.1. The number of aliphatic hydroxyl groups excluding tert-OH is 2. The molecular formula is C56H97NO5. The van der Waals surface area contributed by atoms with Crippen molar-refractivity contribution in [3.63, 3.8) is 0 Å². The molecule has 1 amide bonds. The topological polar surface area (TPSA) is 95.9 Å². The first-order chi connectivity index (χ1) is 30.5. The molecule has 0 aliphatic heterocycles. The molecule has 3 N–H and O–H groups in total. The Morgan fingerprint density at radius 2 is 0.935 bits per heavy atom. The maximum Gasteiger partial charge on any atom is 0.306 e. The Bertz CT molecular complexity index is 1200. The van der Waals surface area contributed by atoms with Gasteiger partial charge in [-0.1, -0.05) is 228 Å². The smallest absolute Gasteiger partial charge is 0.306 e. The number of esters is 1. The second kappa shape index (κ2) is 49.1. The van der Waals surface area contributed by atoms with Crippen LogP contribution in [0, 0.1) is 0 Å². The van der Waals surface area contributed by atoms with Crippen molar-refractivity contribution in [2.45, 2.75) is 251 Å². The summed E-state index contributed by atoms with van der Waals surface area (Å²) in [6, 6.07) is -0.734. The third-order valence-electron chi connectivity index (χ3n) is 11.2. The largest absolute Gasteiger partial charge is 0.462 e. The van der Waals surface area contributed by atoms with Crippen molar-refractivity contribution in [3.8, 4) is 0 Å².